The highest BCUT2D eigenvalue weighted by Gasteiger charge is 2.13. The quantitative estimate of drug-likeness (QED) is 0.562. The van der Waals surface area contributed by atoms with Crippen LogP contribution >= 0.6 is 0 Å². The highest BCUT2D eigenvalue weighted by atomic mass is 32.2. The maximum atomic E-state index is 11.6. The van der Waals surface area contributed by atoms with E-state index in [1.54, 1.807) is 24.3 Å². The van der Waals surface area contributed by atoms with Crippen LogP contribution in [0, 0.1) is 0 Å². The molecule has 0 amide bonds. The van der Waals surface area contributed by atoms with E-state index in [0.717, 1.165) is 18.4 Å². The third-order valence-electron chi connectivity index (χ3n) is 3.89. The molecule has 0 aliphatic heterocycles. The standard InChI is InChI=1S/C15H24N4O2S/c1-17-22(20,21)14-9-7-12(8-10-14)11-18-15(16)19-13-5-3-2-4-6-13/h7-10,13,17H,2-6,11H2,1H3,(H3,16,18,19). The molecule has 0 heterocycles. The summed E-state index contributed by atoms with van der Waals surface area (Å²) in [7, 11) is -1.99. The second-order valence-electron chi connectivity index (χ2n) is 5.53. The Kier molecular flexibility index (Phi) is 5.79. The average molecular weight is 324 g/mol. The number of rotatable bonds is 5. The number of hydrogen-bond donors (Lipinski definition) is 3. The largest absolute Gasteiger partial charge is 0.370 e. The van der Waals surface area contributed by atoms with Gasteiger partial charge in [0.05, 0.1) is 11.4 Å². The zero-order chi connectivity index (χ0) is 16.0. The van der Waals surface area contributed by atoms with E-state index < -0.39 is 10.0 Å². The van der Waals surface area contributed by atoms with E-state index in [9.17, 15) is 8.42 Å². The van der Waals surface area contributed by atoms with Gasteiger partial charge in [-0.3, -0.25) is 0 Å². The maximum Gasteiger partial charge on any atom is 0.240 e. The highest BCUT2D eigenvalue weighted by Crippen LogP contribution is 2.17. The summed E-state index contributed by atoms with van der Waals surface area (Å²) in [4.78, 5) is 4.57. The number of aliphatic imine (C=N–C) groups is 1. The van der Waals surface area contributed by atoms with Crippen LogP contribution in [0.5, 0.6) is 0 Å². The molecule has 2 rings (SSSR count). The molecule has 0 spiro atoms. The second-order valence-corrected chi connectivity index (χ2v) is 7.42. The van der Waals surface area contributed by atoms with E-state index in [1.165, 1.54) is 26.3 Å². The number of nitrogens with two attached hydrogens (primary N) is 1. The Morgan fingerprint density at radius 2 is 1.86 bits per heavy atom. The van der Waals surface area contributed by atoms with E-state index in [4.69, 9.17) is 5.73 Å². The molecule has 0 radical (unpaired) electrons. The molecule has 4 N–H and O–H groups in total. The molecule has 1 aromatic rings. The first-order chi connectivity index (χ1) is 10.5. The molecule has 1 aliphatic carbocycles. The van der Waals surface area contributed by atoms with Gasteiger partial charge in [0, 0.05) is 6.04 Å². The molecule has 22 heavy (non-hydrogen) atoms. The first kappa shape index (κ1) is 16.8. The molecular weight excluding hydrogens is 300 g/mol. The predicted molar refractivity (Wildman–Crippen MR) is 88.0 cm³/mol. The molecule has 1 fully saturated rings. The smallest absolute Gasteiger partial charge is 0.240 e. The molecule has 0 saturated heterocycles. The van der Waals surface area contributed by atoms with Crippen molar-refractivity contribution in [3.8, 4) is 0 Å². The number of benzene rings is 1. The van der Waals surface area contributed by atoms with Crippen LogP contribution in [0.15, 0.2) is 34.2 Å². The van der Waals surface area contributed by atoms with Gasteiger partial charge in [0.15, 0.2) is 5.96 Å². The van der Waals surface area contributed by atoms with Gasteiger partial charge in [0.2, 0.25) is 10.0 Å². The van der Waals surface area contributed by atoms with E-state index in [0.29, 0.717) is 18.5 Å². The summed E-state index contributed by atoms with van der Waals surface area (Å²) < 4.78 is 25.5. The summed E-state index contributed by atoms with van der Waals surface area (Å²) in [5.74, 6) is 0.457. The summed E-state index contributed by atoms with van der Waals surface area (Å²) in [5, 5.41) is 3.26. The van der Waals surface area contributed by atoms with Crippen LogP contribution in [-0.2, 0) is 16.6 Å². The summed E-state index contributed by atoms with van der Waals surface area (Å²) in [6.07, 6.45) is 6.08. The normalized spacial score (nSPS) is 17.4. The van der Waals surface area contributed by atoms with Crippen LogP contribution in [0.3, 0.4) is 0 Å². The van der Waals surface area contributed by atoms with Crippen LogP contribution in [-0.4, -0.2) is 27.5 Å². The van der Waals surface area contributed by atoms with Crippen molar-refractivity contribution >= 4 is 16.0 Å². The fourth-order valence-corrected chi connectivity index (χ4v) is 3.30. The highest BCUT2D eigenvalue weighted by molar-refractivity contribution is 7.89. The number of hydrogen-bond acceptors (Lipinski definition) is 3. The maximum absolute atomic E-state index is 11.6. The number of sulfonamides is 1. The van der Waals surface area contributed by atoms with E-state index in [1.807, 2.05) is 0 Å². The van der Waals surface area contributed by atoms with Crippen molar-refractivity contribution < 1.29 is 8.42 Å². The average Bonchev–Trinajstić information content (AvgIpc) is 2.54. The topological polar surface area (TPSA) is 96.6 Å². The first-order valence-corrected chi connectivity index (χ1v) is 9.08. The van der Waals surface area contributed by atoms with Crippen LogP contribution in [0.4, 0.5) is 0 Å². The van der Waals surface area contributed by atoms with E-state index >= 15 is 0 Å². The van der Waals surface area contributed by atoms with Crippen molar-refractivity contribution in [1.82, 2.24) is 10.0 Å². The van der Waals surface area contributed by atoms with Gasteiger partial charge >= 0.3 is 0 Å². The van der Waals surface area contributed by atoms with Crippen molar-refractivity contribution in [1.29, 1.82) is 0 Å². The van der Waals surface area contributed by atoms with Gasteiger partial charge in [-0.1, -0.05) is 31.4 Å². The van der Waals surface area contributed by atoms with Crippen molar-refractivity contribution in [2.24, 2.45) is 10.7 Å². The molecule has 6 nitrogen and oxygen atoms in total. The molecular formula is C15H24N4O2S. The lowest BCUT2D eigenvalue weighted by molar-refractivity contribution is 0.412. The molecule has 0 unspecified atom stereocenters. The van der Waals surface area contributed by atoms with E-state index in [2.05, 4.69) is 15.0 Å². The van der Waals surface area contributed by atoms with Crippen LogP contribution in [0.1, 0.15) is 37.7 Å². The second kappa shape index (κ2) is 7.60. The van der Waals surface area contributed by atoms with Crippen LogP contribution < -0.4 is 15.8 Å². The fraction of sp³-hybridized carbons (Fsp3) is 0.533. The van der Waals surface area contributed by atoms with Gasteiger partial charge in [0.25, 0.3) is 0 Å². The zero-order valence-electron chi connectivity index (χ0n) is 12.9. The lowest BCUT2D eigenvalue weighted by Gasteiger charge is -2.23. The van der Waals surface area contributed by atoms with Gasteiger partial charge in [-0.25, -0.2) is 18.1 Å². The number of nitrogens with zero attached hydrogens (tertiary/aromatic N) is 1. The molecule has 0 bridgehead atoms. The van der Waals surface area contributed by atoms with Crippen molar-refractivity contribution in [3.63, 3.8) is 0 Å². The third-order valence-corrected chi connectivity index (χ3v) is 5.32. The minimum absolute atomic E-state index is 0.246. The SMILES string of the molecule is CNS(=O)(=O)c1ccc(CN=C(N)NC2CCCCC2)cc1. The molecule has 122 valence electrons. The van der Waals surface area contributed by atoms with E-state index in [-0.39, 0.29) is 4.90 Å². The van der Waals surface area contributed by atoms with Crippen molar-refractivity contribution in [3.05, 3.63) is 29.8 Å². The molecule has 0 atom stereocenters. The summed E-state index contributed by atoms with van der Waals surface area (Å²) in [5.41, 5.74) is 6.83. The molecule has 1 aromatic carbocycles. The predicted octanol–water partition coefficient (Wildman–Crippen LogP) is 1.33. The molecule has 7 heteroatoms. The van der Waals surface area contributed by atoms with Gasteiger partial charge in [-0.15, -0.1) is 0 Å². The fourth-order valence-electron chi connectivity index (χ4n) is 2.57. The lowest BCUT2D eigenvalue weighted by atomic mass is 9.96. The van der Waals surface area contributed by atoms with Gasteiger partial charge in [-0.05, 0) is 37.6 Å². The Balaban J connectivity index is 1.91. The Morgan fingerprint density at radius 1 is 1.23 bits per heavy atom. The van der Waals surface area contributed by atoms with Gasteiger partial charge in [0.1, 0.15) is 0 Å². The first-order valence-electron chi connectivity index (χ1n) is 7.60. The Hall–Kier alpha value is -1.60. The van der Waals surface area contributed by atoms with Crippen LogP contribution in [0.25, 0.3) is 0 Å². The van der Waals surface area contributed by atoms with Crippen molar-refractivity contribution in [2.75, 3.05) is 7.05 Å². The summed E-state index contributed by atoms with van der Waals surface area (Å²) in [6.45, 7) is 0.436. The Morgan fingerprint density at radius 3 is 2.45 bits per heavy atom. The van der Waals surface area contributed by atoms with Crippen molar-refractivity contribution in [2.45, 2.75) is 49.6 Å². The third kappa shape index (κ3) is 4.71. The van der Waals surface area contributed by atoms with Crippen LogP contribution in [0.2, 0.25) is 0 Å². The van der Waals surface area contributed by atoms with Gasteiger partial charge in [-0.2, -0.15) is 0 Å². The summed E-state index contributed by atoms with van der Waals surface area (Å²) >= 11 is 0. The Labute approximate surface area is 132 Å². The minimum Gasteiger partial charge on any atom is -0.370 e. The van der Waals surface area contributed by atoms with Gasteiger partial charge < -0.3 is 11.1 Å². The lowest BCUT2D eigenvalue weighted by Crippen LogP contribution is -2.41. The minimum atomic E-state index is -3.39. The molecule has 1 saturated carbocycles. The molecule has 0 aromatic heterocycles. The summed E-state index contributed by atoms with van der Waals surface area (Å²) in [6, 6.07) is 7.08. The Bertz CT molecular complexity index is 605. The monoisotopic (exact) mass is 324 g/mol. The number of nitrogens with one attached hydrogen (secondary N) is 2. The number of guanidine groups is 1. The molecule has 1 aliphatic rings. The zero-order valence-corrected chi connectivity index (χ0v) is 13.7.